The molecule has 2 N–H and O–H groups in total. The molecule has 20 heavy (non-hydrogen) atoms. The Bertz CT molecular complexity index is 585. The molecule has 0 atom stereocenters. The number of benzene rings is 1. The number of ether oxygens (including phenoxy) is 1. The van der Waals surface area contributed by atoms with Gasteiger partial charge in [-0.15, -0.1) is 0 Å². The molecule has 0 fully saturated rings. The van der Waals surface area contributed by atoms with Crippen molar-refractivity contribution in [1.82, 2.24) is 4.98 Å². The molecule has 5 heteroatoms. The molecule has 0 bridgehead atoms. The van der Waals surface area contributed by atoms with Crippen LogP contribution in [0, 0.1) is 6.92 Å². The summed E-state index contributed by atoms with van der Waals surface area (Å²) in [4.78, 5) is 15.1. The molecule has 2 rings (SSSR count). The summed E-state index contributed by atoms with van der Waals surface area (Å²) < 4.78 is 5.53. The molecule has 104 valence electrons. The Kier molecular flexibility index (Phi) is 4.55. The summed E-state index contributed by atoms with van der Waals surface area (Å²) in [5.74, 6) is -0.206. The first-order valence-corrected chi connectivity index (χ1v) is 6.28. The van der Waals surface area contributed by atoms with Gasteiger partial charge in [0.15, 0.2) is 0 Å². The van der Waals surface area contributed by atoms with Gasteiger partial charge in [0.05, 0.1) is 5.69 Å². The fraction of sp³-hybridized carbons (Fsp3) is 0.200. The number of para-hydroxylation sites is 1. The van der Waals surface area contributed by atoms with Gasteiger partial charge < -0.3 is 15.2 Å². The van der Waals surface area contributed by atoms with Crippen molar-refractivity contribution in [2.75, 3.05) is 18.5 Å². The molecule has 1 aromatic heterocycles. The Morgan fingerprint density at radius 3 is 2.80 bits per heavy atom. The molecule has 1 aromatic carbocycles. The van der Waals surface area contributed by atoms with Crippen LogP contribution in [0.5, 0.6) is 5.75 Å². The zero-order valence-corrected chi connectivity index (χ0v) is 11.2. The first kappa shape index (κ1) is 13.9. The van der Waals surface area contributed by atoms with E-state index in [0.717, 1.165) is 11.4 Å². The number of pyridine rings is 1. The van der Waals surface area contributed by atoms with Gasteiger partial charge in [-0.05, 0) is 25.1 Å². The molecule has 0 saturated heterocycles. The van der Waals surface area contributed by atoms with E-state index in [9.17, 15) is 4.79 Å². The summed E-state index contributed by atoms with van der Waals surface area (Å²) >= 11 is 0. The van der Waals surface area contributed by atoms with E-state index in [1.54, 1.807) is 6.07 Å². The standard InChI is InChI=1S/C15H16N2O3/c1-11-9-14(13(10-17-11)15(18)19)16-7-8-20-12-5-3-2-4-6-12/h2-6,9-10H,7-8H2,1H3,(H,16,17)(H,18,19). The number of carboxylic acid groups (broad SMARTS) is 1. The Balaban J connectivity index is 1.91. The second-order valence-electron chi connectivity index (χ2n) is 4.26. The normalized spacial score (nSPS) is 10.1. The molecule has 0 unspecified atom stereocenters. The lowest BCUT2D eigenvalue weighted by Gasteiger charge is -2.11. The van der Waals surface area contributed by atoms with Crippen molar-refractivity contribution in [2.45, 2.75) is 6.92 Å². The Morgan fingerprint density at radius 1 is 1.35 bits per heavy atom. The van der Waals surface area contributed by atoms with Crippen LogP contribution in [-0.4, -0.2) is 29.2 Å². The number of hydrogen-bond donors (Lipinski definition) is 2. The zero-order valence-electron chi connectivity index (χ0n) is 11.2. The van der Waals surface area contributed by atoms with Crippen molar-refractivity contribution >= 4 is 11.7 Å². The number of carbonyl (C=O) groups is 1. The SMILES string of the molecule is Cc1cc(NCCOc2ccccc2)c(C(=O)O)cn1. The second kappa shape index (κ2) is 6.56. The third-order valence-electron chi connectivity index (χ3n) is 2.70. The largest absolute Gasteiger partial charge is 0.492 e. The Labute approximate surface area is 117 Å². The van der Waals surface area contributed by atoms with Crippen molar-refractivity contribution in [3.63, 3.8) is 0 Å². The number of nitrogens with one attached hydrogen (secondary N) is 1. The summed E-state index contributed by atoms with van der Waals surface area (Å²) in [6.45, 7) is 2.78. The van der Waals surface area contributed by atoms with Gasteiger partial charge in [-0.25, -0.2) is 4.79 Å². The average Bonchev–Trinajstić information content (AvgIpc) is 2.44. The van der Waals surface area contributed by atoms with E-state index in [0.29, 0.717) is 18.8 Å². The highest BCUT2D eigenvalue weighted by molar-refractivity contribution is 5.93. The number of aryl methyl sites for hydroxylation is 1. The summed E-state index contributed by atoms with van der Waals surface area (Å²) in [6, 6.07) is 11.2. The number of hydrogen-bond acceptors (Lipinski definition) is 4. The van der Waals surface area contributed by atoms with E-state index in [1.807, 2.05) is 37.3 Å². The highest BCUT2D eigenvalue weighted by Gasteiger charge is 2.10. The molecule has 5 nitrogen and oxygen atoms in total. The monoisotopic (exact) mass is 272 g/mol. The van der Waals surface area contributed by atoms with Crippen LogP contribution in [0.2, 0.25) is 0 Å². The number of aromatic nitrogens is 1. The fourth-order valence-electron chi connectivity index (χ4n) is 1.75. The van der Waals surface area contributed by atoms with Crippen LogP contribution in [0.4, 0.5) is 5.69 Å². The molecule has 1 heterocycles. The van der Waals surface area contributed by atoms with Gasteiger partial charge in [0.2, 0.25) is 0 Å². The van der Waals surface area contributed by atoms with Crippen molar-refractivity contribution in [3.8, 4) is 5.75 Å². The van der Waals surface area contributed by atoms with Gasteiger partial charge in [-0.1, -0.05) is 18.2 Å². The van der Waals surface area contributed by atoms with E-state index in [2.05, 4.69) is 10.3 Å². The molecule has 0 amide bonds. The lowest BCUT2D eigenvalue weighted by molar-refractivity contribution is 0.0697. The van der Waals surface area contributed by atoms with Crippen molar-refractivity contribution in [2.24, 2.45) is 0 Å². The van der Waals surface area contributed by atoms with Gasteiger partial charge in [-0.3, -0.25) is 4.98 Å². The first-order chi connectivity index (χ1) is 9.66. The molecular weight excluding hydrogens is 256 g/mol. The number of rotatable bonds is 6. The zero-order chi connectivity index (χ0) is 14.4. The summed E-state index contributed by atoms with van der Waals surface area (Å²) in [5.41, 5.74) is 1.48. The van der Waals surface area contributed by atoms with Crippen molar-refractivity contribution in [1.29, 1.82) is 0 Å². The minimum absolute atomic E-state index is 0.162. The Hall–Kier alpha value is -2.56. The molecule has 0 spiro atoms. The lowest BCUT2D eigenvalue weighted by Crippen LogP contribution is -2.14. The van der Waals surface area contributed by atoms with Crippen LogP contribution in [0.3, 0.4) is 0 Å². The predicted octanol–water partition coefficient (Wildman–Crippen LogP) is 2.58. The van der Waals surface area contributed by atoms with Gasteiger partial charge >= 0.3 is 5.97 Å². The second-order valence-corrected chi connectivity index (χ2v) is 4.26. The van der Waals surface area contributed by atoms with E-state index >= 15 is 0 Å². The van der Waals surface area contributed by atoms with E-state index in [4.69, 9.17) is 9.84 Å². The summed E-state index contributed by atoms with van der Waals surface area (Å²) in [6.07, 6.45) is 1.36. The molecular formula is C15H16N2O3. The number of aromatic carboxylic acids is 1. The van der Waals surface area contributed by atoms with Crippen LogP contribution in [0.25, 0.3) is 0 Å². The fourth-order valence-corrected chi connectivity index (χ4v) is 1.75. The van der Waals surface area contributed by atoms with Crippen molar-refractivity contribution < 1.29 is 14.6 Å². The maximum Gasteiger partial charge on any atom is 0.339 e. The third kappa shape index (κ3) is 3.71. The quantitative estimate of drug-likeness (QED) is 0.791. The van der Waals surface area contributed by atoms with Crippen LogP contribution >= 0.6 is 0 Å². The van der Waals surface area contributed by atoms with Crippen molar-refractivity contribution in [3.05, 3.63) is 53.9 Å². The molecule has 2 aromatic rings. The van der Waals surface area contributed by atoms with Gasteiger partial charge in [0.1, 0.15) is 17.9 Å². The Morgan fingerprint density at radius 2 is 2.10 bits per heavy atom. The van der Waals surface area contributed by atoms with Crippen LogP contribution in [-0.2, 0) is 0 Å². The highest BCUT2D eigenvalue weighted by atomic mass is 16.5. The van der Waals surface area contributed by atoms with Gasteiger partial charge in [0.25, 0.3) is 0 Å². The van der Waals surface area contributed by atoms with Crippen LogP contribution in [0.15, 0.2) is 42.6 Å². The van der Waals surface area contributed by atoms with Crippen LogP contribution < -0.4 is 10.1 Å². The highest BCUT2D eigenvalue weighted by Crippen LogP contribution is 2.15. The number of anilines is 1. The maximum atomic E-state index is 11.1. The molecule has 0 aliphatic heterocycles. The average molecular weight is 272 g/mol. The van der Waals surface area contributed by atoms with Gasteiger partial charge in [-0.2, -0.15) is 0 Å². The smallest absolute Gasteiger partial charge is 0.339 e. The molecule has 0 saturated carbocycles. The minimum Gasteiger partial charge on any atom is -0.492 e. The third-order valence-corrected chi connectivity index (χ3v) is 2.70. The summed E-state index contributed by atoms with van der Waals surface area (Å²) in [5, 5.41) is 12.1. The first-order valence-electron chi connectivity index (χ1n) is 6.28. The summed E-state index contributed by atoms with van der Waals surface area (Å²) in [7, 11) is 0. The molecule has 0 aliphatic carbocycles. The van der Waals surface area contributed by atoms with Crippen LogP contribution in [0.1, 0.15) is 16.1 Å². The molecule has 0 aliphatic rings. The van der Waals surface area contributed by atoms with E-state index in [-0.39, 0.29) is 5.56 Å². The lowest BCUT2D eigenvalue weighted by atomic mass is 10.2. The van der Waals surface area contributed by atoms with Gasteiger partial charge in [0, 0.05) is 18.4 Å². The number of carboxylic acids is 1. The topological polar surface area (TPSA) is 71.5 Å². The van der Waals surface area contributed by atoms with E-state index < -0.39 is 5.97 Å². The molecule has 0 radical (unpaired) electrons. The minimum atomic E-state index is -0.996. The predicted molar refractivity (Wildman–Crippen MR) is 76.4 cm³/mol. The maximum absolute atomic E-state index is 11.1. The van der Waals surface area contributed by atoms with E-state index in [1.165, 1.54) is 6.20 Å². The number of nitrogens with zero attached hydrogens (tertiary/aromatic N) is 1.